The highest BCUT2D eigenvalue weighted by Gasteiger charge is 2.19. The zero-order chi connectivity index (χ0) is 12.7. The molecule has 0 heterocycles. The van der Waals surface area contributed by atoms with Gasteiger partial charge in [-0.3, -0.25) is 14.4 Å². The van der Waals surface area contributed by atoms with Crippen LogP contribution < -0.4 is 0 Å². The monoisotopic (exact) mass is 284 g/mol. The summed E-state index contributed by atoms with van der Waals surface area (Å²) in [4.78, 5) is 32.7. The van der Waals surface area contributed by atoms with E-state index in [0.717, 1.165) is 0 Å². The van der Waals surface area contributed by atoms with Crippen LogP contribution in [-0.4, -0.2) is 34.3 Å². The maximum Gasteiger partial charge on any atom is 0.323 e. The number of thiol groups is 3. The molecule has 0 aliphatic carbocycles. The minimum atomic E-state index is -0.956. The summed E-state index contributed by atoms with van der Waals surface area (Å²) in [6.07, 6.45) is -0.311. The molecule has 92 valence electrons. The average molecular weight is 284 g/mol. The molecular formula is C8H12O5S3. The lowest BCUT2D eigenvalue weighted by molar-refractivity contribution is -0.159. The molecule has 0 saturated heterocycles. The first-order valence-corrected chi connectivity index (χ1v) is 5.94. The van der Waals surface area contributed by atoms with E-state index in [1.165, 1.54) is 6.92 Å². The Hall–Kier alpha value is -0.340. The van der Waals surface area contributed by atoms with Crippen LogP contribution in [0.15, 0.2) is 0 Å². The molecule has 0 rings (SSSR count). The largest absolute Gasteiger partial charge is 0.450 e. The predicted octanol–water partition coefficient (Wildman–Crippen LogP) is 0.493. The molecule has 0 N–H and O–H groups in total. The van der Waals surface area contributed by atoms with Crippen molar-refractivity contribution in [1.82, 2.24) is 0 Å². The van der Waals surface area contributed by atoms with Gasteiger partial charge in [0.25, 0.3) is 0 Å². The van der Waals surface area contributed by atoms with Crippen LogP contribution in [0.1, 0.15) is 13.3 Å². The summed E-state index contributed by atoms with van der Waals surface area (Å²) in [6, 6.07) is 0. The predicted molar refractivity (Wildman–Crippen MR) is 66.9 cm³/mol. The summed E-state index contributed by atoms with van der Waals surface area (Å²) >= 11 is 11.3. The van der Waals surface area contributed by atoms with E-state index >= 15 is 0 Å². The molecule has 0 aromatic heterocycles. The number of carbonyl (C=O) groups excluding carboxylic acids is 3. The molecule has 0 saturated carbocycles. The van der Waals surface area contributed by atoms with Crippen molar-refractivity contribution in [3.63, 3.8) is 0 Å². The second-order valence-electron chi connectivity index (χ2n) is 2.78. The minimum absolute atomic E-state index is 0.198. The molecule has 16 heavy (non-hydrogen) atoms. The van der Waals surface area contributed by atoms with Gasteiger partial charge in [0.2, 0.25) is 0 Å². The second kappa shape index (κ2) is 7.86. The number of hydrogen-bond donors (Lipinski definition) is 3. The fraction of sp³-hybridized carbons (Fsp3) is 0.625. The Morgan fingerprint density at radius 2 is 1.75 bits per heavy atom. The van der Waals surface area contributed by atoms with Gasteiger partial charge in [-0.2, -0.15) is 25.3 Å². The highest BCUT2D eigenvalue weighted by Crippen LogP contribution is 2.08. The van der Waals surface area contributed by atoms with E-state index in [4.69, 9.17) is 4.74 Å². The van der Waals surface area contributed by atoms with Gasteiger partial charge in [-0.15, -0.1) is 12.6 Å². The fourth-order valence-corrected chi connectivity index (χ4v) is 0.996. The average Bonchev–Trinajstić information content (AvgIpc) is 2.16. The quantitative estimate of drug-likeness (QED) is 0.297. The zero-order valence-corrected chi connectivity index (χ0v) is 11.1. The third kappa shape index (κ3) is 7.02. The van der Waals surface area contributed by atoms with Gasteiger partial charge in [-0.05, 0) is 6.92 Å². The molecule has 2 unspecified atom stereocenters. The van der Waals surface area contributed by atoms with Crippen LogP contribution in [0, 0.1) is 0 Å². The van der Waals surface area contributed by atoms with E-state index in [0.29, 0.717) is 0 Å². The molecule has 0 spiro atoms. The van der Waals surface area contributed by atoms with Gasteiger partial charge in [0.15, 0.2) is 5.44 Å². The van der Waals surface area contributed by atoms with Crippen molar-refractivity contribution in [3.05, 3.63) is 0 Å². The van der Waals surface area contributed by atoms with Gasteiger partial charge in [0.1, 0.15) is 0 Å². The number of ether oxygens (including phenoxy) is 2. The summed E-state index contributed by atoms with van der Waals surface area (Å²) in [5, 5.41) is -0.607. The van der Waals surface area contributed by atoms with E-state index in [-0.39, 0.29) is 12.2 Å². The van der Waals surface area contributed by atoms with Crippen LogP contribution in [-0.2, 0) is 23.9 Å². The zero-order valence-electron chi connectivity index (χ0n) is 8.45. The lowest BCUT2D eigenvalue weighted by Crippen LogP contribution is -2.23. The first kappa shape index (κ1) is 15.7. The lowest BCUT2D eigenvalue weighted by atomic mass is 10.4. The third-order valence-electron chi connectivity index (χ3n) is 1.29. The molecule has 0 aromatic rings. The minimum Gasteiger partial charge on any atom is -0.450 e. The second-order valence-corrected chi connectivity index (χ2v) is 4.44. The number of rotatable bonds is 5. The Morgan fingerprint density at radius 3 is 2.19 bits per heavy atom. The number of hydrogen-bond acceptors (Lipinski definition) is 8. The van der Waals surface area contributed by atoms with Crippen LogP contribution in [0.3, 0.4) is 0 Å². The maximum absolute atomic E-state index is 11.0. The molecule has 0 aliphatic heterocycles. The summed E-state index contributed by atoms with van der Waals surface area (Å²) in [6.45, 7) is 1.52. The third-order valence-corrected chi connectivity index (χ3v) is 2.05. The van der Waals surface area contributed by atoms with Crippen molar-refractivity contribution in [2.24, 2.45) is 0 Å². The highest BCUT2D eigenvalue weighted by molar-refractivity contribution is 7.82. The Morgan fingerprint density at radius 1 is 1.19 bits per heavy atom. The highest BCUT2D eigenvalue weighted by atomic mass is 32.1. The normalized spacial score (nSPS) is 13.8. The van der Waals surface area contributed by atoms with Crippen LogP contribution in [0.2, 0.25) is 0 Å². The Bertz CT molecular complexity index is 279. The summed E-state index contributed by atoms with van der Waals surface area (Å²) in [7, 11) is 0. The Kier molecular flexibility index (Phi) is 7.69. The van der Waals surface area contributed by atoms with Crippen LogP contribution in [0.5, 0.6) is 0 Å². The van der Waals surface area contributed by atoms with Crippen molar-refractivity contribution in [2.45, 2.75) is 24.0 Å². The van der Waals surface area contributed by atoms with E-state index < -0.39 is 28.6 Å². The molecular weight excluding hydrogens is 272 g/mol. The number of carbonyl (C=O) groups is 3. The molecule has 0 bridgehead atoms. The van der Waals surface area contributed by atoms with Gasteiger partial charge in [-0.25, -0.2) is 0 Å². The summed E-state index contributed by atoms with van der Waals surface area (Å²) in [5.74, 6) is -2.38. The van der Waals surface area contributed by atoms with E-state index in [1.54, 1.807) is 0 Å². The fourth-order valence-electron chi connectivity index (χ4n) is 0.618. The molecule has 0 aliphatic rings. The van der Waals surface area contributed by atoms with Gasteiger partial charge in [0, 0.05) is 0 Å². The van der Waals surface area contributed by atoms with Crippen molar-refractivity contribution < 1.29 is 23.9 Å². The molecule has 0 radical (unpaired) electrons. The van der Waals surface area contributed by atoms with E-state index in [1.807, 2.05) is 0 Å². The molecule has 0 aromatic carbocycles. The van der Waals surface area contributed by atoms with E-state index in [9.17, 15) is 14.4 Å². The van der Waals surface area contributed by atoms with Crippen molar-refractivity contribution in [1.29, 1.82) is 0 Å². The first-order valence-electron chi connectivity index (χ1n) is 4.27. The summed E-state index contributed by atoms with van der Waals surface area (Å²) in [5.41, 5.74) is -0.956. The van der Waals surface area contributed by atoms with E-state index in [2.05, 4.69) is 42.6 Å². The van der Waals surface area contributed by atoms with Crippen molar-refractivity contribution in [2.75, 3.05) is 5.75 Å². The van der Waals surface area contributed by atoms with Gasteiger partial charge in [0.05, 0.1) is 17.4 Å². The molecule has 5 nitrogen and oxygen atoms in total. The van der Waals surface area contributed by atoms with Gasteiger partial charge in [-0.1, -0.05) is 0 Å². The van der Waals surface area contributed by atoms with Crippen molar-refractivity contribution in [3.8, 4) is 0 Å². The maximum atomic E-state index is 11.0. The van der Waals surface area contributed by atoms with Crippen LogP contribution in [0.4, 0.5) is 0 Å². The van der Waals surface area contributed by atoms with Gasteiger partial charge >= 0.3 is 17.9 Å². The number of esters is 3. The molecule has 8 heteroatoms. The topological polar surface area (TPSA) is 69.7 Å². The first-order chi connectivity index (χ1) is 7.36. The molecule has 2 atom stereocenters. The Labute approximate surface area is 109 Å². The van der Waals surface area contributed by atoms with Gasteiger partial charge < -0.3 is 9.47 Å². The lowest BCUT2D eigenvalue weighted by Gasteiger charge is -2.12. The Balaban J connectivity index is 3.96. The van der Waals surface area contributed by atoms with Crippen molar-refractivity contribution >= 4 is 55.8 Å². The molecule has 0 fully saturated rings. The molecule has 0 amide bonds. The van der Waals surface area contributed by atoms with Crippen LogP contribution in [0.25, 0.3) is 0 Å². The summed E-state index contributed by atoms with van der Waals surface area (Å²) < 4.78 is 9.01. The smallest absolute Gasteiger partial charge is 0.323 e. The SMILES string of the molecule is CC(S)C(=O)OC(S)CC(=O)OC(=O)CS. The van der Waals surface area contributed by atoms with Crippen LogP contribution >= 0.6 is 37.9 Å². The standard InChI is InChI=1S/C8H12O5S3/c1-4(15)8(11)13-7(16)2-5(9)12-6(10)3-14/h4,7,14-16H,2-3H2,1H3.